The Balaban J connectivity index is 2.31. The van der Waals surface area contributed by atoms with E-state index in [0.717, 1.165) is 16.5 Å². The maximum atomic E-state index is 11.9. The van der Waals surface area contributed by atoms with Gasteiger partial charge in [0.15, 0.2) is 0 Å². The molecule has 0 amide bonds. The maximum absolute atomic E-state index is 11.9. The fourth-order valence-electron chi connectivity index (χ4n) is 2.88. The van der Waals surface area contributed by atoms with Crippen molar-refractivity contribution in [3.63, 3.8) is 0 Å². The summed E-state index contributed by atoms with van der Waals surface area (Å²) in [5.74, 6) is 0.127. The van der Waals surface area contributed by atoms with Crippen molar-refractivity contribution in [1.29, 1.82) is 0 Å². The van der Waals surface area contributed by atoms with Crippen LogP contribution in [0, 0.1) is 0 Å². The van der Waals surface area contributed by atoms with Crippen molar-refractivity contribution < 1.29 is 14.3 Å². The van der Waals surface area contributed by atoms with Crippen LogP contribution in [0.15, 0.2) is 12.3 Å². The Labute approximate surface area is 137 Å². The first kappa shape index (κ1) is 15.3. The largest absolute Gasteiger partial charge is 0.495 e. The van der Waals surface area contributed by atoms with Crippen LogP contribution in [0.3, 0.4) is 0 Å². The molecule has 3 rings (SSSR count). The fourth-order valence-corrected chi connectivity index (χ4v) is 3.35. The predicted octanol–water partition coefficient (Wildman–Crippen LogP) is 3.43. The molecule has 0 bridgehead atoms. The van der Waals surface area contributed by atoms with Crippen LogP contribution in [0.25, 0.3) is 10.9 Å². The first-order valence-electron chi connectivity index (χ1n) is 6.68. The van der Waals surface area contributed by atoms with Gasteiger partial charge in [-0.3, -0.25) is 10.3 Å². The number of aromatic nitrogens is 1. The Bertz CT molecular complexity index is 779. The summed E-state index contributed by atoms with van der Waals surface area (Å²) in [6, 6.07) is 1.21. The van der Waals surface area contributed by atoms with Crippen molar-refractivity contribution in [1.82, 2.24) is 10.3 Å². The average molecular weight is 341 g/mol. The van der Waals surface area contributed by atoms with E-state index in [2.05, 4.69) is 10.3 Å². The normalized spacial score (nSPS) is 20.0. The molecule has 1 N–H and O–H groups in total. The molecule has 0 radical (unpaired) electrons. The van der Waals surface area contributed by atoms with Gasteiger partial charge in [0.25, 0.3) is 0 Å². The number of nitrogens with zero attached hydrogens (tertiary/aromatic N) is 1. The average Bonchev–Trinajstić information content (AvgIpc) is 2.87. The summed E-state index contributed by atoms with van der Waals surface area (Å²) < 4.78 is 10.1. The van der Waals surface area contributed by atoms with Crippen LogP contribution in [-0.2, 0) is 9.53 Å². The van der Waals surface area contributed by atoms with E-state index < -0.39 is 6.04 Å². The van der Waals surface area contributed by atoms with Crippen LogP contribution in [0.1, 0.15) is 30.1 Å². The summed E-state index contributed by atoms with van der Waals surface area (Å²) in [5.41, 5.74) is 2.33. The lowest BCUT2D eigenvalue weighted by Crippen LogP contribution is -2.24. The molecule has 2 atom stereocenters. The first-order valence-corrected chi connectivity index (χ1v) is 7.43. The molecule has 2 heterocycles. The van der Waals surface area contributed by atoms with Gasteiger partial charge in [-0.15, -0.1) is 0 Å². The number of pyridine rings is 1. The Morgan fingerprint density at radius 1 is 1.32 bits per heavy atom. The number of carbonyl (C=O) groups excluding carboxylic acids is 1. The molecule has 0 saturated carbocycles. The van der Waals surface area contributed by atoms with Crippen LogP contribution in [-0.4, -0.2) is 25.2 Å². The molecule has 5 nitrogen and oxygen atoms in total. The lowest BCUT2D eigenvalue weighted by atomic mass is 9.99. The summed E-state index contributed by atoms with van der Waals surface area (Å²) in [4.78, 5) is 16.3. The number of methoxy groups -OCH3 is 2. The number of ether oxygens (including phenoxy) is 2. The van der Waals surface area contributed by atoms with Crippen molar-refractivity contribution in [2.45, 2.75) is 19.0 Å². The summed E-state index contributed by atoms with van der Waals surface area (Å²) in [7, 11) is 2.89. The van der Waals surface area contributed by atoms with Gasteiger partial charge in [-0.25, -0.2) is 4.79 Å². The third-order valence-corrected chi connectivity index (χ3v) is 4.74. The van der Waals surface area contributed by atoms with Crippen molar-refractivity contribution in [2.24, 2.45) is 0 Å². The number of nitrogens with one attached hydrogen (secondary N) is 1. The highest BCUT2D eigenvalue weighted by Crippen LogP contribution is 2.44. The second kappa shape index (κ2) is 5.57. The molecule has 0 spiro atoms. The smallest absolute Gasteiger partial charge is 0.327 e. The lowest BCUT2D eigenvalue weighted by molar-refractivity contribution is -0.143. The molecule has 1 aliphatic rings. The fraction of sp³-hybridized carbons (Fsp3) is 0.333. The third kappa shape index (κ3) is 2.12. The van der Waals surface area contributed by atoms with Crippen LogP contribution < -0.4 is 10.1 Å². The number of halogens is 2. The van der Waals surface area contributed by atoms with Gasteiger partial charge in [0.1, 0.15) is 16.8 Å². The number of hydrogen-bond donors (Lipinski definition) is 1. The maximum Gasteiger partial charge on any atom is 0.327 e. The van der Waals surface area contributed by atoms with E-state index in [9.17, 15) is 4.79 Å². The third-order valence-electron chi connectivity index (χ3n) is 3.90. The summed E-state index contributed by atoms with van der Waals surface area (Å²) in [6.07, 6.45) is 1.64. The Hall–Kier alpha value is -1.56. The number of rotatable bonds is 2. The number of esters is 1. The first-order chi connectivity index (χ1) is 10.5. The predicted molar refractivity (Wildman–Crippen MR) is 84.6 cm³/mol. The van der Waals surface area contributed by atoms with Crippen molar-refractivity contribution in [3.8, 4) is 5.75 Å². The second-order valence-corrected chi connectivity index (χ2v) is 5.83. The zero-order valence-electron chi connectivity index (χ0n) is 12.2. The van der Waals surface area contributed by atoms with Crippen molar-refractivity contribution >= 4 is 40.1 Å². The highest BCUT2D eigenvalue weighted by Gasteiger charge is 2.35. The van der Waals surface area contributed by atoms with E-state index in [-0.39, 0.29) is 12.0 Å². The summed E-state index contributed by atoms with van der Waals surface area (Å²) in [6.45, 7) is 1.97. The highest BCUT2D eigenvalue weighted by atomic mass is 35.5. The van der Waals surface area contributed by atoms with Crippen molar-refractivity contribution in [3.05, 3.63) is 33.4 Å². The zero-order chi connectivity index (χ0) is 16.0. The molecule has 7 heteroatoms. The quantitative estimate of drug-likeness (QED) is 0.848. The van der Waals surface area contributed by atoms with E-state index in [0.29, 0.717) is 21.3 Å². The highest BCUT2D eigenvalue weighted by molar-refractivity contribution is 6.46. The van der Waals surface area contributed by atoms with Crippen LogP contribution >= 0.6 is 23.2 Å². The minimum atomic E-state index is -0.535. The minimum absolute atomic E-state index is 0.0495. The molecule has 1 aromatic heterocycles. The number of hydrogen-bond acceptors (Lipinski definition) is 5. The number of fused-ring (bicyclic) bond motifs is 3. The molecule has 0 fully saturated rings. The van der Waals surface area contributed by atoms with Gasteiger partial charge in [-0.05, 0) is 18.6 Å². The topological polar surface area (TPSA) is 60.5 Å². The van der Waals surface area contributed by atoms with Crippen LogP contribution in [0.4, 0.5) is 0 Å². The van der Waals surface area contributed by atoms with Gasteiger partial charge in [-0.2, -0.15) is 0 Å². The molecule has 1 aromatic carbocycles. The lowest BCUT2D eigenvalue weighted by Gasteiger charge is -2.13. The van der Waals surface area contributed by atoms with E-state index >= 15 is 0 Å². The van der Waals surface area contributed by atoms with E-state index in [4.69, 9.17) is 32.7 Å². The molecule has 0 aliphatic carbocycles. The number of benzene rings is 1. The molecular weight excluding hydrogens is 327 g/mol. The molecular formula is C15H14Cl2N2O3. The minimum Gasteiger partial charge on any atom is -0.495 e. The molecule has 0 saturated heterocycles. The Morgan fingerprint density at radius 3 is 2.68 bits per heavy atom. The second-order valence-electron chi connectivity index (χ2n) is 5.07. The van der Waals surface area contributed by atoms with Crippen molar-refractivity contribution in [2.75, 3.05) is 14.2 Å². The monoisotopic (exact) mass is 340 g/mol. The molecule has 2 aromatic rings. The summed E-state index contributed by atoms with van der Waals surface area (Å²) >= 11 is 12.5. The van der Waals surface area contributed by atoms with Gasteiger partial charge in [0.2, 0.25) is 0 Å². The van der Waals surface area contributed by atoms with E-state index in [1.165, 1.54) is 14.2 Å². The van der Waals surface area contributed by atoms with Gasteiger partial charge >= 0.3 is 5.97 Å². The van der Waals surface area contributed by atoms with Gasteiger partial charge in [0.05, 0.1) is 24.8 Å². The van der Waals surface area contributed by atoms with Gasteiger partial charge in [-0.1, -0.05) is 23.2 Å². The standard InChI is InChI=1S/C15H14Cl2N2O3/c1-6-10-7-4-9(21-2)11(16)12(17)13(7)18-5-8(10)14(19-6)15(20)22-3/h4-6,14,19H,1-3H3/t6-,14?/m0/s1. The Kier molecular flexibility index (Phi) is 3.89. The van der Waals surface area contributed by atoms with Crippen LogP contribution in [0.5, 0.6) is 5.75 Å². The van der Waals surface area contributed by atoms with E-state index in [1.54, 1.807) is 12.3 Å². The van der Waals surface area contributed by atoms with Gasteiger partial charge in [0, 0.05) is 23.2 Å². The molecule has 1 aliphatic heterocycles. The van der Waals surface area contributed by atoms with E-state index in [1.807, 2.05) is 6.92 Å². The summed E-state index contributed by atoms with van der Waals surface area (Å²) in [5, 5.41) is 4.68. The SMILES string of the molecule is COC(=O)C1N[C@@H](C)c2c1cnc1c(Cl)c(Cl)c(OC)cc21. The number of carbonyl (C=O) groups is 1. The van der Waals surface area contributed by atoms with Crippen LogP contribution in [0.2, 0.25) is 10.0 Å². The molecule has 116 valence electrons. The molecule has 22 heavy (non-hydrogen) atoms. The Morgan fingerprint density at radius 2 is 2.05 bits per heavy atom. The zero-order valence-corrected chi connectivity index (χ0v) is 13.7. The molecule has 1 unspecified atom stereocenters. The van der Waals surface area contributed by atoms with Gasteiger partial charge < -0.3 is 9.47 Å².